The van der Waals surface area contributed by atoms with E-state index in [-0.39, 0.29) is 17.2 Å². The number of carbonyl (C=O) groups is 2. The molecule has 7 heteroatoms. The molecule has 2 aliphatic rings. The number of para-hydroxylation sites is 1. The smallest absolute Gasteiger partial charge is 0.227 e. The van der Waals surface area contributed by atoms with Crippen molar-refractivity contribution < 1.29 is 14.3 Å². The van der Waals surface area contributed by atoms with Gasteiger partial charge >= 0.3 is 0 Å². The van der Waals surface area contributed by atoms with E-state index in [4.69, 9.17) is 4.74 Å². The zero-order chi connectivity index (χ0) is 22.4. The highest BCUT2D eigenvalue weighted by molar-refractivity contribution is 7.10. The Kier molecular flexibility index (Phi) is 7.48. The summed E-state index contributed by atoms with van der Waals surface area (Å²) in [7, 11) is 2.10. The summed E-state index contributed by atoms with van der Waals surface area (Å²) in [6.45, 7) is 5.28. The van der Waals surface area contributed by atoms with Gasteiger partial charge in [-0.1, -0.05) is 24.3 Å². The molecule has 32 heavy (non-hydrogen) atoms. The Morgan fingerprint density at radius 3 is 2.25 bits per heavy atom. The Morgan fingerprint density at radius 1 is 0.906 bits per heavy atom. The van der Waals surface area contributed by atoms with Crippen LogP contribution in [0.3, 0.4) is 0 Å². The molecule has 172 valence electrons. The average molecular weight is 456 g/mol. The molecule has 1 aromatic heterocycles. The molecule has 1 aromatic carbocycles. The molecule has 0 radical (unpaired) electrons. The number of rotatable bonds is 7. The van der Waals surface area contributed by atoms with E-state index >= 15 is 0 Å². The molecule has 0 bridgehead atoms. The predicted molar refractivity (Wildman–Crippen MR) is 127 cm³/mol. The van der Waals surface area contributed by atoms with Crippen molar-refractivity contribution in [3.8, 4) is 5.75 Å². The van der Waals surface area contributed by atoms with Gasteiger partial charge in [0.2, 0.25) is 11.8 Å². The second-order valence-electron chi connectivity index (χ2n) is 9.10. The molecule has 2 saturated heterocycles. The van der Waals surface area contributed by atoms with Crippen LogP contribution in [-0.4, -0.2) is 79.4 Å². The number of nitrogens with zero attached hydrogens (tertiary/aromatic N) is 3. The number of ether oxygens (including phenoxy) is 1. The first-order valence-corrected chi connectivity index (χ1v) is 12.4. The minimum absolute atomic E-state index is 0.176. The molecule has 0 aliphatic carbocycles. The molecule has 2 fully saturated rings. The van der Waals surface area contributed by atoms with Crippen molar-refractivity contribution in [3.05, 3.63) is 52.7 Å². The number of likely N-dealkylation sites (N-methyl/N-ethyl adjacent to an activating group) is 1. The van der Waals surface area contributed by atoms with E-state index in [0.717, 1.165) is 49.6 Å². The Bertz CT molecular complexity index is 871. The van der Waals surface area contributed by atoms with E-state index in [1.165, 1.54) is 0 Å². The van der Waals surface area contributed by atoms with Crippen LogP contribution in [0.4, 0.5) is 0 Å². The number of piperidine rings is 1. The van der Waals surface area contributed by atoms with Crippen molar-refractivity contribution in [1.29, 1.82) is 0 Å². The van der Waals surface area contributed by atoms with Gasteiger partial charge in [-0.15, -0.1) is 11.3 Å². The molecule has 0 atom stereocenters. The standard InChI is InChI=1S/C25H33N3O3S/c1-26-13-15-28(16-14-26)24(30)19-25(20-31-21-6-3-2-4-7-21)9-11-27(12-10-25)23(29)18-22-8-5-17-32-22/h2-8,17H,9-16,18-20H2,1H3. The normalized spacial score (nSPS) is 19.0. The number of piperazine rings is 1. The molecule has 0 spiro atoms. The molecule has 2 amide bonds. The molecule has 0 saturated carbocycles. The third-order valence-corrected chi connectivity index (χ3v) is 7.63. The van der Waals surface area contributed by atoms with E-state index in [1.807, 2.05) is 57.6 Å². The summed E-state index contributed by atoms with van der Waals surface area (Å²) in [6, 6.07) is 13.8. The Morgan fingerprint density at radius 2 is 1.59 bits per heavy atom. The lowest BCUT2D eigenvalue weighted by Crippen LogP contribution is -2.51. The van der Waals surface area contributed by atoms with E-state index in [1.54, 1.807) is 11.3 Å². The number of hydrogen-bond donors (Lipinski definition) is 0. The van der Waals surface area contributed by atoms with Gasteiger partial charge < -0.3 is 19.4 Å². The minimum atomic E-state index is -0.240. The van der Waals surface area contributed by atoms with Crippen LogP contribution in [0.25, 0.3) is 0 Å². The van der Waals surface area contributed by atoms with Crippen LogP contribution in [0.1, 0.15) is 24.1 Å². The van der Waals surface area contributed by atoms with Gasteiger partial charge in [-0.05, 0) is 43.5 Å². The largest absolute Gasteiger partial charge is 0.493 e. The van der Waals surface area contributed by atoms with E-state index < -0.39 is 0 Å². The van der Waals surface area contributed by atoms with Crippen LogP contribution in [0, 0.1) is 5.41 Å². The van der Waals surface area contributed by atoms with Gasteiger partial charge in [0.15, 0.2) is 0 Å². The number of hydrogen-bond acceptors (Lipinski definition) is 5. The number of amides is 2. The zero-order valence-electron chi connectivity index (χ0n) is 18.9. The molecule has 0 N–H and O–H groups in total. The van der Waals surface area contributed by atoms with E-state index in [2.05, 4.69) is 11.9 Å². The monoisotopic (exact) mass is 455 g/mol. The van der Waals surface area contributed by atoms with Gasteiger partial charge in [0.25, 0.3) is 0 Å². The summed E-state index contributed by atoms with van der Waals surface area (Å²) in [4.78, 5) is 33.3. The van der Waals surface area contributed by atoms with Crippen molar-refractivity contribution in [1.82, 2.24) is 14.7 Å². The Labute approximate surface area is 194 Å². The first-order chi connectivity index (χ1) is 15.5. The lowest BCUT2D eigenvalue weighted by atomic mass is 9.75. The van der Waals surface area contributed by atoms with Crippen LogP contribution in [0.5, 0.6) is 5.75 Å². The summed E-state index contributed by atoms with van der Waals surface area (Å²) >= 11 is 1.62. The molecule has 2 aromatic rings. The second kappa shape index (κ2) is 10.5. The maximum Gasteiger partial charge on any atom is 0.227 e. The van der Waals surface area contributed by atoms with Crippen LogP contribution in [-0.2, 0) is 16.0 Å². The van der Waals surface area contributed by atoms with Gasteiger partial charge in [-0.3, -0.25) is 9.59 Å². The van der Waals surface area contributed by atoms with Gasteiger partial charge in [-0.25, -0.2) is 0 Å². The maximum absolute atomic E-state index is 13.2. The molecule has 4 rings (SSSR count). The number of carbonyl (C=O) groups excluding carboxylic acids is 2. The Balaban J connectivity index is 1.39. The minimum Gasteiger partial charge on any atom is -0.493 e. The van der Waals surface area contributed by atoms with Gasteiger partial charge in [0.1, 0.15) is 5.75 Å². The van der Waals surface area contributed by atoms with E-state index in [9.17, 15) is 9.59 Å². The molecule has 0 unspecified atom stereocenters. The molecular formula is C25H33N3O3S. The fourth-order valence-electron chi connectivity index (χ4n) is 4.52. The van der Waals surface area contributed by atoms with Crippen molar-refractivity contribution >= 4 is 23.2 Å². The quantitative estimate of drug-likeness (QED) is 0.644. The van der Waals surface area contributed by atoms with Crippen LogP contribution >= 0.6 is 11.3 Å². The number of benzene rings is 1. The zero-order valence-corrected chi connectivity index (χ0v) is 19.7. The van der Waals surface area contributed by atoms with E-state index in [0.29, 0.717) is 32.5 Å². The van der Waals surface area contributed by atoms with Crippen molar-refractivity contribution in [2.75, 3.05) is 52.9 Å². The number of thiophene rings is 1. The first-order valence-electron chi connectivity index (χ1n) is 11.5. The third-order valence-electron chi connectivity index (χ3n) is 6.75. The van der Waals surface area contributed by atoms with Gasteiger partial charge in [0, 0.05) is 56.0 Å². The van der Waals surface area contributed by atoms with Crippen molar-refractivity contribution in [2.45, 2.75) is 25.7 Å². The summed E-state index contributed by atoms with van der Waals surface area (Å²) in [5.41, 5.74) is -0.240. The van der Waals surface area contributed by atoms with Crippen molar-refractivity contribution in [2.24, 2.45) is 5.41 Å². The molecule has 6 nitrogen and oxygen atoms in total. The lowest BCUT2D eigenvalue weighted by molar-refractivity contribution is -0.138. The summed E-state index contributed by atoms with van der Waals surface area (Å²) in [5.74, 6) is 1.22. The SMILES string of the molecule is CN1CCN(C(=O)CC2(COc3ccccc3)CCN(C(=O)Cc3cccs3)CC2)CC1. The predicted octanol–water partition coefficient (Wildman–Crippen LogP) is 3.14. The highest BCUT2D eigenvalue weighted by Crippen LogP contribution is 2.37. The molecule has 3 heterocycles. The summed E-state index contributed by atoms with van der Waals surface area (Å²) < 4.78 is 6.15. The van der Waals surface area contributed by atoms with Crippen LogP contribution in [0.15, 0.2) is 47.8 Å². The van der Waals surface area contributed by atoms with Crippen LogP contribution < -0.4 is 4.74 Å². The highest BCUT2D eigenvalue weighted by Gasteiger charge is 2.40. The second-order valence-corrected chi connectivity index (χ2v) is 10.1. The topological polar surface area (TPSA) is 53.1 Å². The first kappa shape index (κ1) is 22.8. The Hall–Kier alpha value is -2.38. The van der Waals surface area contributed by atoms with Crippen molar-refractivity contribution in [3.63, 3.8) is 0 Å². The average Bonchev–Trinajstić information content (AvgIpc) is 3.32. The molecule has 2 aliphatic heterocycles. The molecular weight excluding hydrogens is 422 g/mol. The summed E-state index contributed by atoms with van der Waals surface area (Å²) in [6.07, 6.45) is 2.52. The fraction of sp³-hybridized carbons (Fsp3) is 0.520. The van der Waals surface area contributed by atoms with Gasteiger partial charge in [0.05, 0.1) is 13.0 Å². The fourth-order valence-corrected chi connectivity index (χ4v) is 5.21. The van der Waals surface area contributed by atoms with Gasteiger partial charge in [-0.2, -0.15) is 0 Å². The number of likely N-dealkylation sites (tertiary alicyclic amines) is 1. The highest BCUT2D eigenvalue weighted by atomic mass is 32.1. The maximum atomic E-state index is 13.2. The van der Waals surface area contributed by atoms with Crippen LogP contribution in [0.2, 0.25) is 0 Å². The lowest BCUT2D eigenvalue weighted by Gasteiger charge is -2.42. The summed E-state index contributed by atoms with van der Waals surface area (Å²) in [5, 5.41) is 2.01. The third kappa shape index (κ3) is 5.90.